The van der Waals surface area contributed by atoms with Crippen LogP contribution in [0.25, 0.3) is 131 Å². The van der Waals surface area contributed by atoms with Crippen LogP contribution in [0.1, 0.15) is 0 Å². The predicted molar refractivity (Wildman–Crippen MR) is 245 cm³/mol. The van der Waals surface area contributed by atoms with E-state index in [-0.39, 0.29) is 0 Å². The van der Waals surface area contributed by atoms with Gasteiger partial charge in [-0.3, -0.25) is 0 Å². The van der Waals surface area contributed by atoms with Gasteiger partial charge in [0.2, 0.25) is 0 Å². The molecule has 0 saturated heterocycles. The third-order valence-electron chi connectivity index (χ3n) is 12.4. The van der Waals surface area contributed by atoms with E-state index in [1.807, 2.05) is 12.1 Å². The smallest absolute Gasteiger partial charge is 0.178 e. The van der Waals surface area contributed by atoms with Crippen LogP contribution in [-0.4, -0.2) is 0 Å². The Hall–Kier alpha value is -7.68. The molecule has 0 bridgehead atoms. The summed E-state index contributed by atoms with van der Waals surface area (Å²) in [7, 11) is 0. The van der Waals surface area contributed by atoms with Crippen molar-refractivity contribution < 1.29 is 8.83 Å². The average Bonchev–Trinajstić information content (AvgIpc) is 3.86. The van der Waals surface area contributed by atoms with Crippen LogP contribution in [0.3, 0.4) is 0 Å². The average molecular weight is 737 g/mol. The second-order valence-corrected chi connectivity index (χ2v) is 15.5. The summed E-state index contributed by atoms with van der Waals surface area (Å²) >= 11 is 0. The maximum absolute atomic E-state index is 6.75. The molecule has 0 aliphatic heterocycles. The summed E-state index contributed by atoms with van der Waals surface area (Å²) in [6.07, 6.45) is 0. The number of rotatable bonds is 3. The largest absolute Gasteiger partial charge is 0.452 e. The standard InChI is InChI=1S/C56H32O2/c1-2-14-38-33(12-1)13-11-22-41(38)53-45-20-7-5-18-43(45)52(44-19-6-8-21-46(44)53)37-27-25-34-30-36(26-24-35(34)31-37)49-32-51-54(42-17-4-3-15-39(42)49)48-29-28-47-40-16-9-10-23-50(40)57-55(47)56(48)58-51/h1-32H. The summed E-state index contributed by atoms with van der Waals surface area (Å²) in [6.45, 7) is 0. The SMILES string of the molecule is c1ccc2c(-c3c4ccccc4c(-c4ccc5cc(-c6cc7oc8c(ccc9c%10ccccc%10oc98)c7c7ccccc67)ccc5c4)c4ccccc34)cccc2c1. The highest BCUT2D eigenvalue weighted by atomic mass is 16.4. The maximum Gasteiger partial charge on any atom is 0.178 e. The third-order valence-corrected chi connectivity index (χ3v) is 12.4. The highest BCUT2D eigenvalue weighted by Crippen LogP contribution is 2.47. The molecule has 2 nitrogen and oxygen atoms in total. The van der Waals surface area contributed by atoms with E-state index in [2.05, 4.69) is 182 Å². The van der Waals surface area contributed by atoms with Crippen LogP contribution >= 0.6 is 0 Å². The highest BCUT2D eigenvalue weighted by Gasteiger charge is 2.21. The molecule has 2 heteroatoms. The molecule has 0 atom stereocenters. The molecular formula is C56H32O2. The van der Waals surface area contributed by atoms with Crippen molar-refractivity contribution in [3.05, 3.63) is 194 Å². The molecule has 0 amide bonds. The zero-order chi connectivity index (χ0) is 37.9. The van der Waals surface area contributed by atoms with Crippen LogP contribution in [0.5, 0.6) is 0 Å². The molecule has 11 aromatic carbocycles. The maximum atomic E-state index is 6.75. The van der Waals surface area contributed by atoms with Crippen LogP contribution in [0.2, 0.25) is 0 Å². The van der Waals surface area contributed by atoms with Crippen molar-refractivity contribution in [1.29, 1.82) is 0 Å². The van der Waals surface area contributed by atoms with Crippen molar-refractivity contribution >= 4 is 97.7 Å². The van der Waals surface area contributed by atoms with Crippen LogP contribution in [-0.2, 0) is 0 Å². The number of furan rings is 2. The summed E-state index contributed by atoms with van der Waals surface area (Å²) < 4.78 is 13.2. The lowest BCUT2D eigenvalue weighted by molar-refractivity contribution is 0.633. The van der Waals surface area contributed by atoms with Crippen molar-refractivity contribution in [1.82, 2.24) is 0 Å². The van der Waals surface area contributed by atoms with Crippen LogP contribution < -0.4 is 0 Å². The molecule has 13 aromatic rings. The van der Waals surface area contributed by atoms with Crippen molar-refractivity contribution in [2.45, 2.75) is 0 Å². The first kappa shape index (κ1) is 31.5. The zero-order valence-corrected chi connectivity index (χ0v) is 31.3. The minimum atomic E-state index is 0.794. The van der Waals surface area contributed by atoms with Gasteiger partial charge in [0.05, 0.1) is 0 Å². The second-order valence-electron chi connectivity index (χ2n) is 15.5. The zero-order valence-electron chi connectivity index (χ0n) is 31.3. The van der Waals surface area contributed by atoms with Gasteiger partial charge in [0, 0.05) is 21.5 Å². The van der Waals surface area contributed by atoms with Gasteiger partial charge in [-0.2, -0.15) is 0 Å². The number of hydrogen-bond acceptors (Lipinski definition) is 2. The number of fused-ring (bicyclic) bond motifs is 13. The minimum Gasteiger partial charge on any atom is -0.452 e. The summed E-state index contributed by atoms with van der Waals surface area (Å²) in [5.41, 5.74) is 10.6. The molecule has 268 valence electrons. The molecule has 0 aliphatic carbocycles. The van der Waals surface area contributed by atoms with Crippen LogP contribution in [0, 0.1) is 0 Å². The van der Waals surface area contributed by atoms with Gasteiger partial charge in [0.25, 0.3) is 0 Å². The Kier molecular flexibility index (Phi) is 6.47. The Morgan fingerprint density at radius 1 is 0.259 bits per heavy atom. The van der Waals surface area contributed by atoms with E-state index in [1.165, 1.54) is 76.1 Å². The molecule has 0 N–H and O–H groups in total. The Labute approximate surface area is 332 Å². The van der Waals surface area contributed by atoms with E-state index in [0.717, 1.165) is 55.0 Å². The molecule has 13 rings (SSSR count). The van der Waals surface area contributed by atoms with Gasteiger partial charge in [0.15, 0.2) is 11.2 Å². The van der Waals surface area contributed by atoms with Gasteiger partial charge in [-0.05, 0) is 124 Å². The Morgan fingerprint density at radius 2 is 0.793 bits per heavy atom. The summed E-state index contributed by atoms with van der Waals surface area (Å²) in [5.74, 6) is 0. The molecule has 0 unspecified atom stereocenters. The molecule has 0 fully saturated rings. The van der Waals surface area contributed by atoms with Gasteiger partial charge in [0.1, 0.15) is 11.2 Å². The normalized spacial score (nSPS) is 12.1. The molecular weight excluding hydrogens is 705 g/mol. The van der Waals surface area contributed by atoms with Crippen LogP contribution in [0.15, 0.2) is 203 Å². The van der Waals surface area contributed by atoms with E-state index < -0.39 is 0 Å². The van der Waals surface area contributed by atoms with Crippen molar-refractivity contribution in [3.63, 3.8) is 0 Å². The van der Waals surface area contributed by atoms with Gasteiger partial charge in [-0.25, -0.2) is 0 Å². The first-order valence-electron chi connectivity index (χ1n) is 19.9. The van der Waals surface area contributed by atoms with Gasteiger partial charge in [-0.1, -0.05) is 158 Å². The summed E-state index contributed by atoms with van der Waals surface area (Å²) in [4.78, 5) is 0. The molecule has 0 aliphatic rings. The summed E-state index contributed by atoms with van der Waals surface area (Å²) in [5, 5.41) is 16.7. The Bertz CT molecular complexity index is 3800. The Balaban J connectivity index is 0.989. The van der Waals surface area contributed by atoms with E-state index >= 15 is 0 Å². The van der Waals surface area contributed by atoms with Crippen LogP contribution in [0.4, 0.5) is 0 Å². The van der Waals surface area contributed by atoms with Gasteiger partial charge >= 0.3 is 0 Å². The molecule has 0 radical (unpaired) electrons. The fraction of sp³-hybridized carbons (Fsp3) is 0. The fourth-order valence-electron chi connectivity index (χ4n) is 9.86. The van der Waals surface area contributed by atoms with E-state index in [1.54, 1.807) is 0 Å². The molecule has 58 heavy (non-hydrogen) atoms. The predicted octanol–water partition coefficient (Wildman–Crippen LogP) is 16.3. The quantitative estimate of drug-likeness (QED) is 0.169. The minimum absolute atomic E-state index is 0.794. The lowest BCUT2D eigenvalue weighted by Crippen LogP contribution is -1.91. The lowest BCUT2D eigenvalue weighted by atomic mass is 9.84. The topological polar surface area (TPSA) is 26.3 Å². The van der Waals surface area contributed by atoms with Crippen molar-refractivity contribution in [3.8, 4) is 33.4 Å². The third kappa shape index (κ3) is 4.43. The molecule has 2 heterocycles. The molecule has 2 aromatic heterocycles. The van der Waals surface area contributed by atoms with E-state index in [0.29, 0.717) is 0 Å². The van der Waals surface area contributed by atoms with Crippen molar-refractivity contribution in [2.24, 2.45) is 0 Å². The molecule has 0 saturated carbocycles. The van der Waals surface area contributed by atoms with Crippen molar-refractivity contribution in [2.75, 3.05) is 0 Å². The van der Waals surface area contributed by atoms with E-state index in [9.17, 15) is 0 Å². The number of benzene rings is 11. The number of para-hydroxylation sites is 1. The number of hydrogen-bond donors (Lipinski definition) is 0. The van der Waals surface area contributed by atoms with E-state index in [4.69, 9.17) is 8.83 Å². The second kappa shape index (κ2) is 11.9. The highest BCUT2D eigenvalue weighted by molar-refractivity contribution is 6.27. The lowest BCUT2D eigenvalue weighted by Gasteiger charge is -2.19. The van der Waals surface area contributed by atoms with Gasteiger partial charge in [-0.15, -0.1) is 0 Å². The molecule has 0 spiro atoms. The summed E-state index contributed by atoms with van der Waals surface area (Å²) in [6, 6.07) is 70.5. The van der Waals surface area contributed by atoms with Gasteiger partial charge < -0.3 is 8.83 Å². The first-order valence-corrected chi connectivity index (χ1v) is 19.9. The Morgan fingerprint density at radius 3 is 1.55 bits per heavy atom. The fourth-order valence-corrected chi connectivity index (χ4v) is 9.86. The first-order chi connectivity index (χ1) is 28.8. The monoisotopic (exact) mass is 736 g/mol.